The van der Waals surface area contributed by atoms with E-state index in [0.717, 1.165) is 11.1 Å². The minimum Gasteiger partial charge on any atom is -0.508 e. The van der Waals surface area contributed by atoms with Gasteiger partial charge in [0.25, 0.3) is 0 Å². The molecule has 5 aromatic carbocycles. The van der Waals surface area contributed by atoms with E-state index in [1.807, 2.05) is 0 Å². The zero-order valence-corrected chi connectivity index (χ0v) is 36.8. The second-order valence-corrected chi connectivity index (χ2v) is 12.8. The molecule has 5 aromatic rings. The zero-order valence-electron chi connectivity index (χ0n) is 36.8. The van der Waals surface area contributed by atoms with Gasteiger partial charge in [0.2, 0.25) is 0 Å². The molecule has 0 fully saturated rings. The van der Waals surface area contributed by atoms with Gasteiger partial charge in [-0.1, -0.05) is 12.1 Å². The fraction of sp³-hybridized carbons (Fsp3) is 0.255. The van der Waals surface area contributed by atoms with Gasteiger partial charge in [-0.25, -0.2) is 24.0 Å². The molecule has 0 saturated carbocycles. The Hall–Kier alpha value is -7.75. The van der Waals surface area contributed by atoms with Crippen molar-refractivity contribution in [1.29, 1.82) is 0 Å². The lowest BCUT2D eigenvalue weighted by Gasteiger charge is -2.07. The molecule has 0 atom stereocenters. The van der Waals surface area contributed by atoms with Gasteiger partial charge in [0.1, 0.15) is 23.0 Å². The van der Waals surface area contributed by atoms with Crippen LogP contribution in [0.2, 0.25) is 0 Å². The third kappa shape index (κ3) is 17.8. The number of hydrogen-bond acceptors (Lipinski definition) is 16. The normalized spacial score (nSPS) is 9.56. The van der Waals surface area contributed by atoms with Crippen molar-refractivity contribution < 1.29 is 77.9 Å². The Morgan fingerprint density at radius 3 is 1.24 bits per heavy atom. The Labute approximate surface area is 365 Å². The van der Waals surface area contributed by atoms with Crippen molar-refractivity contribution in [1.82, 2.24) is 0 Å². The van der Waals surface area contributed by atoms with E-state index in [-0.39, 0.29) is 34.7 Å². The summed E-state index contributed by atoms with van der Waals surface area (Å²) in [5.74, 6) is -1.20. The summed E-state index contributed by atoms with van der Waals surface area (Å²) in [5.41, 5.74) is 4.88. The highest BCUT2D eigenvalue weighted by Gasteiger charge is 2.12. The number of rotatable bonds is 8. The molecule has 0 amide bonds. The van der Waals surface area contributed by atoms with E-state index in [2.05, 4.69) is 18.9 Å². The second kappa shape index (κ2) is 27.2. The van der Waals surface area contributed by atoms with Crippen molar-refractivity contribution >= 4 is 29.8 Å². The van der Waals surface area contributed by atoms with Crippen molar-refractivity contribution in [3.05, 3.63) is 141 Å². The first-order valence-electron chi connectivity index (χ1n) is 18.9. The maximum absolute atomic E-state index is 11.4. The van der Waals surface area contributed by atoms with Gasteiger partial charge in [-0.3, -0.25) is 0 Å². The van der Waals surface area contributed by atoms with Crippen molar-refractivity contribution in [2.24, 2.45) is 0 Å². The summed E-state index contributed by atoms with van der Waals surface area (Å²) < 4.78 is 28.0. The first-order valence-corrected chi connectivity index (χ1v) is 18.9. The van der Waals surface area contributed by atoms with Gasteiger partial charge in [0.05, 0.1) is 69.5 Å². The molecule has 0 saturated heterocycles. The van der Waals surface area contributed by atoms with E-state index in [4.69, 9.17) is 19.7 Å². The van der Waals surface area contributed by atoms with Gasteiger partial charge in [-0.05, 0) is 143 Å². The summed E-state index contributed by atoms with van der Waals surface area (Å²) in [6.07, 6.45) is 0. The summed E-state index contributed by atoms with van der Waals surface area (Å²) in [5, 5.41) is 46.1. The number of esters is 5. The zero-order chi connectivity index (χ0) is 47.8. The van der Waals surface area contributed by atoms with Gasteiger partial charge in [-0.2, -0.15) is 0 Å². The van der Waals surface area contributed by atoms with Gasteiger partial charge >= 0.3 is 29.8 Å². The Balaban J connectivity index is 0.000000395. The third-order valence-corrected chi connectivity index (χ3v) is 8.26. The van der Waals surface area contributed by atoms with E-state index >= 15 is 0 Å². The molecule has 0 unspecified atom stereocenters. The minimum absolute atomic E-state index is 0.0184. The van der Waals surface area contributed by atoms with Crippen LogP contribution in [0.1, 0.15) is 87.9 Å². The molecule has 0 radical (unpaired) electrons. The number of carbonyl (C=O) groups excluding carboxylic acids is 5. The second-order valence-electron chi connectivity index (χ2n) is 12.8. The van der Waals surface area contributed by atoms with Crippen molar-refractivity contribution in [2.75, 3.05) is 41.7 Å². The van der Waals surface area contributed by atoms with Crippen molar-refractivity contribution in [3.63, 3.8) is 0 Å². The van der Waals surface area contributed by atoms with Crippen LogP contribution in [0.5, 0.6) is 34.5 Å². The van der Waals surface area contributed by atoms with Gasteiger partial charge in [-0.15, -0.1) is 0 Å². The predicted molar refractivity (Wildman–Crippen MR) is 232 cm³/mol. The number of hydrogen-bond donors (Lipinski definition) is 5. The molecule has 0 aromatic heterocycles. The van der Waals surface area contributed by atoms with Crippen LogP contribution in [0.15, 0.2) is 91.0 Å². The van der Waals surface area contributed by atoms with Crippen LogP contribution in [0.3, 0.4) is 0 Å². The van der Waals surface area contributed by atoms with Gasteiger partial charge in [0.15, 0.2) is 11.5 Å². The van der Waals surface area contributed by atoms with E-state index in [9.17, 15) is 39.3 Å². The molecule has 338 valence electrons. The molecule has 5 N–H and O–H groups in total. The molecule has 63 heavy (non-hydrogen) atoms. The summed E-state index contributed by atoms with van der Waals surface area (Å²) in [6, 6.07) is 22.8. The lowest BCUT2D eigenvalue weighted by Crippen LogP contribution is -2.05. The molecular formula is C47H54O16. The van der Waals surface area contributed by atoms with E-state index < -0.39 is 23.9 Å². The molecule has 16 nitrogen and oxygen atoms in total. The molecule has 5 rings (SSSR count). The number of benzene rings is 5. The number of methoxy groups -OCH3 is 4. The van der Waals surface area contributed by atoms with E-state index in [1.54, 1.807) is 71.9 Å². The Kier molecular flexibility index (Phi) is 23.0. The van der Waals surface area contributed by atoms with Crippen molar-refractivity contribution in [3.8, 4) is 34.5 Å². The van der Waals surface area contributed by atoms with Crippen LogP contribution in [-0.4, -0.2) is 97.0 Å². The molecule has 0 aliphatic carbocycles. The Morgan fingerprint density at radius 1 is 0.413 bits per heavy atom. The number of aryl methyl sites for hydroxylation is 4. The highest BCUT2D eigenvalue weighted by Crippen LogP contribution is 2.27. The molecule has 0 aliphatic heterocycles. The standard InChI is InChI=1S/C11H14O4.4C9H10O3/c1-3-14-10-7-8(5-6-9(10)12)11(13)15-4-2;1-6-5-7(10)3-4-8(6)9(11)12-2;1-6-5-7(9(11)12-2)3-4-8(6)10;2*1-6-3-4-7(5-8(6)10)9(11)12-2/h5-7,12H,3-4H2,1-2H3;4*3-5,10H,1-2H3. The fourth-order valence-electron chi connectivity index (χ4n) is 4.72. The summed E-state index contributed by atoms with van der Waals surface area (Å²) in [6.45, 7) is 11.3. The highest BCUT2D eigenvalue weighted by atomic mass is 16.5. The third-order valence-electron chi connectivity index (χ3n) is 8.26. The quantitative estimate of drug-likeness (QED) is 0.0734. The van der Waals surface area contributed by atoms with Crippen molar-refractivity contribution in [2.45, 2.75) is 41.5 Å². The molecule has 0 heterocycles. The lowest BCUT2D eigenvalue weighted by atomic mass is 10.1. The van der Waals surface area contributed by atoms with Crippen LogP contribution >= 0.6 is 0 Å². The maximum atomic E-state index is 11.4. The van der Waals surface area contributed by atoms with Gasteiger partial charge in [0, 0.05) is 0 Å². The largest absolute Gasteiger partial charge is 0.508 e. The number of phenols is 5. The van der Waals surface area contributed by atoms with E-state index in [1.165, 1.54) is 89.1 Å². The topological polar surface area (TPSA) is 242 Å². The van der Waals surface area contributed by atoms with Crippen LogP contribution in [0, 0.1) is 27.7 Å². The van der Waals surface area contributed by atoms with Gasteiger partial charge < -0.3 is 54.0 Å². The molecule has 16 heteroatoms. The Bertz CT molecular complexity index is 2160. The monoisotopic (exact) mass is 874 g/mol. The lowest BCUT2D eigenvalue weighted by molar-refractivity contribution is 0.0522. The van der Waals surface area contributed by atoms with Crippen LogP contribution in [0.4, 0.5) is 0 Å². The van der Waals surface area contributed by atoms with Crippen LogP contribution in [-0.2, 0) is 23.7 Å². The molecule has 0 aliphatic rings. The number of aromatic hydroxyl groups is 5. The van der Waals surface area contributed by atoms with Crippen LogP contribution < -0.4 is 4.74 Å². The summed E-state index contributed by atoms with van der Waals surface area (Å²) >= 11 is 0. The number of ether oxygens (including phenoxy) is 6. The highest BCUT2D eigenvalue weighted by molar-refractivity contribution is 5.92. The smallest absolute Gasteiger partial charge is 0.338 e. The summed E-state index contributed by atoms with van der Waals surface area (Å²) in [4.78, 5) is 55.3. The number of phenolic OH excluding ortho intramolecular Hbond substituents is 5. The fourth-order valence-corrected chi connectivity index (χ4v) is 4.72. The first kappa shape index (κ1) is 53.3. The summed E-state index contributed by atoms with van der Waals surface area (Å²) in [7, 11) is 5.26. The van der Waals surface area contributed by atoms with Crippen LogP contribution in [0.25, 0.3) is 0 Å². The maximum Gasteiger partial charge on any atom is 0.338 e. The molecule has 0 bridgehead atoms. The SMILES string of the molecule is CCOC(=O)c1ccc(O)c(OCC)c1.COC(=O)c1ccc(C)c(O)c1.COC(=O)c1ccc(C)c(O)c1.COC(=O)c1ccc(O)c(C)c1.COC(=O)c1ccc(O)cc1C. The first-order chi connectivity index (χ1) is 29.8. The van der Waals surface area contributed by atoms with E-state index in [0.29, 0.717) is 57.9 Å². The number of carbonyl (C=O) groups is 5. The average molecular weight is 875 g/mol. The average Bonchev–Trinajstić information content (AvgIpc) is 3.27. The minimum atomic E-state index is -0.440. The Morgan fingerprint density at radius 2 is 0.841 bits per heavy atom. The molecule has 0 spiro atoms. The predicted octanol–water partition coefficient (Wildman–Crippen LogP) is 7.92. The molecular weight excluding hydrogens is 821 g/mol.